The molecule has 1 unspecified atom stereocenters. The molecule has 0 saturated heterocycles. The van der Waals surface area contributed by atoms with Gasteiger partial charge in [0.05, 0.1) is 0 Å². The summed E-state index contributed by atoms with van der Waals surface area (Å²) in [4.78, 5) is 23.2. The van der Waals surface area contributed by atoms with Crippen molar-refractivity contribution in [1.82, 2.24) is 0 Å². The van der Waals surface area contributed by atoms with Crippen molar-refractivity contribution in [3.05, 3.63) is 24.3 Å². The maximum absolute atomic E-state index is 11.7. The fourth-order valence-corrected chi connectivity index (χ4v) is 1.52. The number of rotatable bonds is 6. The van der Waals surface area contributed by atoms with Gasteiger partial charge in [0.1, 0.15) is 0 Å². The number of nitrogens with one attached hydrogen (secondary N) is 2. The summed E-state index contributed by atoms with van der Waals surface area (Å²) in [7, 11) is 0. The molecule has 0 aliphatic rings. The summed E-state index contributed by atoms with van der Waals surface area (Å²) in [5.74, 6) is -0.195. The van der Waals surface area contributed by atoms with Crippen LogP contribution in [0, 0.1) is 5.92 Å². The molecule has 0 saturated carbocycles. The zero-order valence-corrected chi connectivity index (χ0v) is 12.3. The smallest absolute Gasteiger partial charge is 0.226 e. The topological polar surface area (TPSA) is 84.2 Å². The van der Waals surface area contributed by atoms with Crippen molar-refractivity contribution >= 4 is 23.2 Å². The number of carbonyl (C=O) groups is 2. The van der Waals surface area contributed by atoms with E-state index in [1.807, 2.05) is 20.8 Å². The highest BCUT2D eigenvalue weighted by molar-refractivity contribution is 5.93. The molecule has 0 aliphatic carbocycles. The fourth-order valence-electron chi connectivity index (χ4n) is 1.52. The molecule has 4 N–H and O–H groups in total. The van der Waals surface area contributed by atoms with Crippen molar-refractivity contribution < 1.29 is 9.59 Å². The highest BCUT2D eigenvalue weighted by Crippen LogP contribution is 2.14. The van der Waals surface area contributed by atoms with Gasteiger partial charge in [-0.2, -0.15) is 0 Å². The van der Waals surface area contributed by atoms with E-state index >= 15 is 0 Å². The Bertz CT molecular complexity index is 455. The molecule has 0 heterocycles. The number of anilines is 2. The van der Waals surface area contributed by atoms with Gasteiger partial charge < -0.3 is 16.4 Å². The van der Waals surface area contributed by atoms with Crippen LogP contribution in [0.1, 0.15) is 33.6 Å². The summed E-state index contributed by atoms with van der Waals surface area (Å²) in [6.45, 7) is 5.62. The molecular weight excluding hydrogens is 254 g/mol. The van der Waals surface area contributed by atoms with E-state index in [9.17, 15) is 9.59 Å². The largest absolute Gasteiger partial charge is 0.327 e. The van der Waals surface area contributed by atoms with Crippen molar-refractivity contribution in [3.8, 4) is 0 Å². The molecule has 1 atom stereocenters. The number of hydrogen-bond donors (Lipinski definition) is 3. The molecule has 0 bridgehead atoms. The first kappa shape index (κ1) is 16.2. The van der Waals surface area contributed by atoms with Crippen LogP contribution in [0.3, 0.4) is 0 Å². The van der Waals surface area contributed by atoms with Crippen molar-refractivity contribution in [2.75, 3.05) is 10.6 Å². The first-order chi connectivity index (χ1) is 9.42. The summed E-state index contributed by atoms with van der Waals surface area (Å²) in [6, 6.07) is 6.92. The van der Waals surface area contributed by atoms with Gasteiger partial charge in [0.25, 0.3) is 0 Å². The van der Waals surface area contributed by atoms with E-state index in [0.29, 0.717) is 17.8 Å². The Labute approximate surface area is 119 Å². The minimum atomic E-state index is -0.111. The van der Waals surface area contributed by atoms with Crippen LogP contribution in [-0.2, 0) is 9.59 Å². The fraction of sp³-hybridized carbons (Fsp3) is 0.467. The lowest BCUT2D eigenvalue weighted by atomic mass is 10.1. The van der Waals surface area contributed by atoms with Crippen LogP contribution in [0.4, 0.5) is 11.4 Å². The van der Waals surface area contributed by atoms with Gasteiger partial charge in [-0.25, -0.2) is 0 Å². The Kier molecular flexibility index (Phi) is 6.18. The summed E-state index contributed by atoms with van der Waals surface area (Å²) in [5.41, 5.74) is 7.14. The van der Waals surface area contributed by atoms with Crippen LogP contribution in [0.25, 0.3) is 0 Å². The lowest BCUT2D eigenvalue weighted by Crippen LogP contribution is -2.26. The van der Waals surface area contributed by atoms with Gasteiger partial charge in [-0.1, -0.05) is 20.8 Å². The Morgan fingerprint density at radius 3 is 2.05 bits per heavy atom. The predicted octanol–water partition coefficient (Wildman–Crippen LogP) is 2.35. The summed E-state index contributed by atoms with van der Waals surface area (Å²) >= 11 is 0. The van der Waals surface area contributed by atoms with Crippen LogP contribution < -0.4 is 16.4 Å². The summed E-state index contributed by atoms with van der Waals surface area (Å²) < 4.78 is 0. The second-order valence-electron chi connectivity index (χ2n) is 5.14. The van der Waals surface area contributed by atoms with Crippen LogP contribution in [0.2, 0.25) is 0 Å². The van der Waals surface area contributed by atoms with E-state index in [1.165, 1.54) is 0 Å². The average molecular weight is 277 g/mol. The Hall–Kier alpha value is -1.88. The van der Waals surface area contributed by atoms with Gasteiger partial charge in [-0.05, 0) is 30.7 Å². The minimum Gasteiger partial charge on any atom is -0.327 e. The van der Waals surface area contributed by atoms with Gasteiger partial charge in [0, 0.05) is 29.8 Å². The second-order valence-corrected chi connectivity index (χ2v) is 5.14. The standard InChI is InChI=1S/C15H23N3O2/c1-4-11(16)9-14(19)17-12-5-7-13(8-6-12)18-15(20)10(2)3/h5-8,10-11H,4,9,16H2,1-3H3,(H,17,19)(H,18,20). The van der Waals surface area contributed by atoms with Gasteiger partial charge in [0.2, 0.25) is 11.8 Å². The molecular formula is C15H23N3O2. The Balaban J connectivity index is 2.54. The average Bonchev–Trinajstić information content (AvgIpc) is 2.40. The van der Waals surface area contributed by atoms with E-state index in [1.54, 1.807) is 24.3 Å². The normalized spacial score (nSPS) is 12.1. The molecule has 110 valence electrons. The molecule has 1 aromatic carbocycles. The van der Waals surface area contributed by atoms with Crippen LogP contribution in [-0.4, -0.2) is 17.9 Å². The van der Waals surface area contributed by atoms with Crippen molar-refractivity contribution in [3.63, 3.8) is 0 Å². The lowest BCUT2D eigenvalue weighted by molar-refractivity contribution is -0.119. The molecule has 0 aromatic heterocycles. The Morgan fingerprint density at radius 1 is 1.10 bits per heavy atom. The number of carbonyl (C=O) groups excluding carboxylic acids is 2. The van der Waals surface area contributed by atoms with E-state index in [0.717, 1.165) is 6.42 Å². The van der Waals surface area contributed by atoms with Crippen molar-refractivity contribution in [2.45, 2.75) is 39.7 Å². The molecule has 1 aromatic rings. The number of benzene rings is 1. The molecule has 0 spiro atoms. The molecule has 0 radical (unpaired) electrons. The highest BCUT2D eigenvalue weighted by Gasteiger charge is 2.09. The summed E-state index contributed by atoms with van der Waals surface area (Å²) in [6.07, 6.45) is 1.08. The van der Waals surface area contributed by atoms with Crippen molar-refractivity contribution in [1.29, 1.82) is 0 Å². The lowest BCUT2D eigenvalue weighted by Gasteiger charge is -2.11. The van der Waals surface area contributed by atoms with Gasteiger partial charge in [0.15, 0.2) is 0 Å². The number of amides is 2. The van der Waals surface area contributed by atoms with E-state index in [-0.39, 0.29) is 23.8 Å². The molecule has 5 nitrogen and oxygen atoms in total. The van der Waals surface area contributed by atoms with Crippen LogP contribution in [0.5, 0.6) is 0 Å². The van der Waals surface area contributed by atoms with E-state index < -0.39 is 0 Å². The third kappa shape index (κ3) is 5.40. The van der Waals surface area contributed by atoms with Crippen LogP contribution in [0.15, 0.2) is 24.3 Å². The maximum atomic E-state index is 11.7. The van der Waals surface area contributed by atoms with Gasteiger partial charge in [-0.3, -0.25) is 9.59 Å². The third-order valence-electron chi connectivity index (χ3n) is 2.93. The zero-order chi connectivity index (χ0) is 15.1. The summed E-state index contributed by atoms with van der Waals surface area (Å²) in [5, 5.41) is 5.57. The van der Waals surface area contributed by atoms with E-state index in [4.69, 9.17) is 5.73 Å². The number of hydrogen-bond acceptors (Lipinski definition) is 3. The monoisotopic (exact) mass is 277 g/mol. The third-order valence-corrected chi connectivity index (χ3v) is 2.93. The Morgan fingerprint density at radius 2 is 1.60 bits per heavy atom. The van der Waals surface area contributed by atoms with Crippen molar-refractivity contribution in [2.24, 2.45) is 11.7 Å². The molecule has 0 fully saturated rings. The molecule has 20 heavy (non-hydrogen) atoms. The zero-order valence-electron chi connectivity index (χ0n) is 12.3. The molecule has 0 aliphatic heterocycles. The van der Waals surface area contributed by atoms with Gasteiger partial charge >= 0.3 is 0 Å². The second kappa shape index (κ2) is 7.65. The number of nitrogens with two attached hydrogens (primary N) is 1. The quantitative estimate of drug-likeness (QED) is 0.746. The maximum Gasteiger partial charge on any atom is 0.226 e. The van der Waals surface area contributed by atoms with E-state index in [2.05, 4.69) is 10.6 Å². The minimum absolute atomic E-state index is 0.0318. The molecule has 1 rings (SSSR count). The highest BCUT2D eigenvalue weighted by atomic mass is 16.2. The molecule has 5 heteroatoms. The van der Waals surface area contributed by atoms with Crippen LogP contribution >= 0.6 is 0 Å². The first-order valence-corrected chi connectivity index (χ1v) is 6.88. The SMILES string of the molecule is CCC(N)CC(=O)Nc1ccc(NC(=O)C(C)C)cc1. The predicted molar refractivity (Wildman–Crippen MR) is 81.4 cm³/mol. The van der Waals surface area contributed by atoms with Gasteiger partial charge in [-0.15, -0.1) is 0 Å². The molecule has 2 amide bonds. The first-order valence-electron chi connectivity index (χ1n) is 6.88.